The molecule has 2 aromatic heterocycles. The standard InChI is InChI=1S/C27H24N6O2/c1-17-7-3-4-8-19(17)16-30-33-25(28)23(24-26(33)32-22-10-6-5-9-21(22)31-24)27(34)29-15-18-11-13-20(35-2)14-12-18/h3-14,16H,15,28H2,1-2H3,(H,29,34)/b30-16-. The van der Waals surface area contributed by atoms with Gasteiger partial charge < -0.3 is 15.8 Å². The number of nitrogens with two attached hydrogens (primary N) is 1. The van der Waals surface area contributed by atoms with E-state index in [1.807, 2.05) is 79.7 Å². The molecule has 1 amide bonds. The highest BCUT2D eigenvalue weighted by Gasteiger charge is 2.24. The Hall–Kier alpha value is -4.72. The molecule has 5 aromatic rings. The lowest BCUT2D eigenvalue weighted by atomic mass is 10.1. The van der Waals surface area contributed by atoms with Crippen LogP contribution in [0.1, 0.15) is 27.0 Å². The predicted molar refractivity (Wildman–Crippen MR) is 138 cm³/mol. The maximum absolute atomic E-state index is 13.3. The van der Waals surface area contributed by atoms with Crippen LogP contribution in [-0.4, -0.2) is 33.9 Å². The Kier molecular flexibility index (Phi) is 5.85. The maximum Gasteiger partial charge on any atom is 0.257 e. The van der Waals surface area contributed by atoms with Crippen molar-refractivity contribution in [2.24, 2.45) is 5.10 Å². The van der Waals surface area contributed by atoms with E-state index in [9.17, 15) is 4.79 Å². The van der Waals surface area contributed by atoms with Crippen molar-refractivity contribution in [3.05, 3.63) is 95.1 Å². The number of carbonyl (C=O) groups is 1. The van der Waals surface area contributed by atoms with Crippen LogP contribution in [0, 0.1) is 6.92 Å². The first-order chi connectivity index (χ1) is 17.0. The van der Waals surface area contributed by atoms with Crippen molar-refractivity contribution in [2.45, 2.75) is 13.5 Å². The summed E-state index contributed by atoms with van der Waals surface area (Å²) in [6, 6.07) is 22.8. The van der Waals surface area contributed by atoms with E-state index >= 15 is 0 Å². The molecule has 0 fully saturated rings. The molecule has 3 aromatic carbocycles. The number of benzene rings is 3. The Morgan fingerprint density at radius 3 is 2.43 bits per heavy atom. The Labute approximate surface area is 202 Å². The second-order valence-electron chi connectivity index (χ2n) is 8.09. The van der Waals surface area contributed by atoms with Gasteiger partial charge in [-0.05, 0) is 47.9 Å². The molecule has 8 nitrogen and oxygen atoms in total. The third-order valence-corrected chi connectivity index (χ3v) is 5.81. The van der Waals surface area contributed by atoms with Gasteiger partial charge in [-0.15, -0.1) is 0 Å². The van der Waals surface area contributed by atoms with Gasteiger partial charge in [0.1, 0.15) is 22.6 Å². The summed E-state index contributed by atoms with van der Waals surface area (Å²) in [5.41, 5.74) is 11.8. The topological polar surface area (TPSA) is 107 Å². The number of nitrogens with zero attached hydrogens (tertiary/aromatic N) is 4. The van der Waals surface area contributed by atoms with Crippen molar-refractivity contribution in [3.8, 4) is 5.75 Å². The number of fused-ring (bicyclic) bond motifs is 2. The monoisotopic (exact) mass is 464 g/mol. The Morgan fingerprint density at radius 1 is 1.03 bits per heavy atom. The van der Waals surface area contributed by atoms with Crippen LogP contribution in [0.15, 0.2) is 77.9 Å². The molecule has 0 aliphatic heterocycles. The summed E-state index contributed by atoms with van der Waals surface area (Å²) in [5.74, 6) is 0.575. The molecule has 2 heterocycles. The summed E-state index contributed by atoms with van der Waals surface area (Å²) in [6.45, 7) is 2.33. The summed E-state index contributed by atoms with van der Waals surface area (Å²) in [6.07, 6.45) is 1.71. The first-order valence-electron chi connectivity index (χ1n) is 11.1. The quantitative estimate of drug-likeness (QED) is 0.365. The van der Waals surface area contributed by atoms with E-state index in [4.69, 9.17) is 20.4 Å². The number of aromatic nitrogens is 3. The number of nitrogens with one attached hydrogen (secondary N) is 1. The fourth-order valence-corrected chi connectivity index (χ4v) is 3.85. The number of hydrogen-bond acceptors (Lipinski definition) is 6. The number of amides is 1. The third-order valence-electron chi connectivity index (χ3n) is 5.81. The molecule has 0 bridgehead atoms. The third kappa shape index (κ3) is 4.29. The van der Waals surface area contributed by atoms with E-state index in [0.717, 1.165) is 22.4 Å². The molecule has 0 saturated carbocycles. The molecular formula is C27H24N6O2. The maximum atomic E-state index is 13.3. The fourth-order valence-electron chi connectivity index (χ4n) is 3.85. The smallest absolute Gasteiger partial charge is 0.257 e. The normalized spacial score (nSPS) is 11.4. The zero-order valence-corrected chi connectivity index (χ0v) is 19.4. The van der Waals surface area contributed by atoms with Gasteiger partial charge in [0.2, 0.25) is 0 Å². The van der Waals surface area contributed by atoms with Crippen LogP contribution in [0.3, 0.4) is 0 Å². The van der Waals surface area contributed by atoms with Crippen molar-refractivity contribution in [1.29, 1.82) is 0 Å². The number of carbonyl (C=O) groups excluding carboxylic acids is 1. The first-order valence-corrected chi connectivity index (χ1v) is 11.1. The van der Waals surface area contributed by atoms with Crippen molar-refractivity contribution in [2.75, 3.05) is 12.8 Å². The Morgan fingerprint density at radius 2 is 1.71 bits per heavy atom. The average molecular weight is 465 g/mol. The Bertz CT molecular complexity index is 1570. The summed E-state index contributed by atoms with van der Waals surface area (Å²) in [4.78, 5) is 22.7. The van der Waals surface area contributed by atoms with Gasteiger partial charge in [0.05, 0.1) is 24.4 Å². The average Bonchev–Trinajstić information content (AvgIpc) is 3.15. The molecular weight excluding hydrogens is 440 g/mol. The minimum Gasteiger partial charge on any atom is -0.497 e. The van der Waals surface area contributed by atoms with Crippen LogP contribution < -0.4 is 15.8 Å². The van der Waals surface area contributed by atoms with Crippen LogP contribution in [0.5, 0.6) is 5.75 Å². The second-order valence-corrected chi connectivity index (χ2v) is 8.09. The molecule has 3 N–H and O–H groups in total. The summed E-state index contributed by atoms with van der Waals surface area (Å²) in [7, 11) is 1.61. The summed E-state index contributed by atoms with van der Waals surface area (Å²) in [5, 5.41) is 7.52. The molecule has 0 aliphatic carbocycles. The predicted octanol–water partition coefficient (Wildman–Crippen LogP) is 4.30. The molecule has 0 unspecified atom stereocenters. The van der Waals surface area contributed by atoms with Crippen LogP contribution in [0.4, 0.5) is 5.82 Å². The van der Waals surface area contributed by atoms with Crippen molar-refractivity contribution in [3.63, 3.8) is 0 Å². The van der Waals surface area contributed by atoms with Crippen molar-refractivity contribution >= 4 is 40.1 Å². The van der Waals surface area contributed by atoms with E-state index in [0.29, 0.717) is 28.7 Å². The van der Waals surface area contributed by atoms with Gasteiger partial charge in [-0.2, -0.15) is 9.78 Å². The van der Waals surface area contributed by atoms with Gasteiger partial charge in [0.15, 0.2) is 5.65 Å². The molecule has 174 valence electrons. The molecule has 8 heteroatoms. The molecule has 5 rings (SSSR count). The fraction of sp³-hybridized carbons (Fsp3) is 0.111. The Balaban J connectivity index is 1.56. The highest BCUT2D eigenvalue weighted by atomic mass is 16.5. The molecule has 0 spiro atoms. The molecule has 0 atom stereocenters. The van der Waals surface area contributed by atoms with Gasteiger partial charge >= 0.3 is 0 Å². The van der Waals surface area contributed by atoms with Crippen LogP contribution >= 0.6 is 0 Å². The van der Waals surface area contributed by atoms with E-state index in [2.05, 4.69) is 10.4 Å². The van der Waals surface area contributed by atoms with Crippen LogP contribution in [0.2, 0.25) is 0 Å². The van der Waals surface area contributed by atoms with Gasteiger partial charge in [-0.1, -0.05) is 48.5 Å². The molecule has 0 saturated heterocycles. The van der Waals surface area contributed by atoms with Crippen LogP contribution in [0.25, 0.3) is 22.2 Å². The molecule has 0 aliphatic rings. The van der Waals surface area contributed by atoms with Crippen molar-refractivity contribution in [1.82, 2.24) is 20.0 Å². The number of nitrogen functional groups attached to an aromatic ring is 1. The molecule has 0 radical (unpaired) electrons. The number of aryl methyl sites for hydroxylation is 1. The van der Waals surface area contributed by atoms with Gasteiger partial charge in [-0.25, -0.2) is 9.97 Å². The van der Waals surface area contributed by atoms with Gasteiger partial charge in [0, 0.05) is 6.54 Å². The minimum atomic E-state index is -0.349. The number of hydrogen-bond donors (Lipinski definition) is 2. The van der Waals surface area contributed by atoms with Gasteiger partial charge in [-0.3, -0.25) is 4.79 Å². The van der Waals surface area contributed by atoms with E-state index in [-0.39, 0.29) is 17.3 Å². The SMILES string of the molecule is COc1ccc(CNC(=O)c2c(N)n(/N=C\c3ccccc3C)c3nc4ccccc4nc23)cc1. The summed E-state index contributed by atoms with van der Waals surface area (Å²) < 4.78 is 6.67. The number of anilines is 1. The highest BCUT2D eigenvalue weighted by molar-refractivity contribution is 6.10. The number of rotatable bonds is 6. The zero-order valence-electron chi connectivity index (χ0n) is 19.4. The number of para-hydroxylation sites is 2. The number of ether oxygens (including phenoxy) is 1. The van der Waals surface area contributed by atoms with E-state index in [1.165, 1.54) is 4.68 Å². The molecule has 35 heavy (non-hydrogen) atoms. The van der Waals surface area contributed by atoms with Crippen LogP contribution in [-0.2, 0) is 6.54 Å². The highest BCUT2D eigenvalue weighted by Crippen LogP contribution is 2.28. The second kappa shape index (κ2) is 9.26. The minimum absolute atomic E-state index is 0.173. The number of methoxy groups -OCH3 is 1. The largest absolute Gasteiger partial charge is 0.497 e. The lowest BCUT2D eigenvalue weighted by Gasteiger charge is -2.07. The zero-order chi connectivity index (χ0) is 24.4. The summed E-state index contributed by atoms with van der Waals surface area (Å²) >= 11 is 0. The lowest BCUT2D eigenvalue weighted by molar-refractivity contribution is 0.0953. The lowest BCUT2D eigenvalue weighted by Crippen LogP contribution is -2.23. The first kappa shape index (κ1) is 22.1. The van der Waals surface area contributed by atoms with Crippen molar-refractivity contribution < 1.29 is 9.53 Å². The van der Waals surface area contributed by atoms with E-state index < -0.39 is 0 Å². The van der Waals surface area contributed by atoms with E-state index in [1.54, 1.807) is 13.3 Å². The van der Waals surface area contributed by atoms with Gasteiger partial charge in [0.25, 0.3) is 5.91 Å².